The topological polar surface area (TPSA) is 127 Å². The Bertz CT molecular complexity index is 1520. The zero-order valence-corrected chi connectivity index (χ0v) is 28.4. The van der Waals surface area contributed by atoms with Gasteiger partial charge in [0.2, 0.25) is 0 Å². The molecule has 8 nitrogen and oxygen atoms in total. The van der Waals surface area contributed by atoms with Gasteiger partial charge in [-0.05, 0) is 37.1 Å². The molecule has 0 spiro atoms. The smallest absolute Gasteiger partial charge is 0.295 e. The predicted molar refractivity (Wildman–Crippen MR) is 158 cm³/mol. The first kappa shape index (κ1) is 35.0. The molecule has 12 heteroatoms. The van der Waals surface area contributed by atoms with Crippen LogP contribution >= 0.6 is 0 Å². The van der Waals surface area contributed by atoms with Gasteiger partial charge >= 0.3 is 0 Å². The molecule has 4 rings (SSSR count). The molecule has 0 bridgehead atoms. The molecular formula is C28H30Na2O8S2. The Hall–Kier alpha value is -1.18. The van der Waals surface area contributed by atoms with E-state index < -0.39 is 20.2 Å². The second kappa shape index (κ2) is 15.9. The Balaban J connectivity index is 0.00000280. The van der Waals surface area contributed by atoms with Gasteiger partial charge in [-0.2, -0.15) is 16.8 Å². The van der Waals surface area contributed by atoms with E-state index in [0.717, 1.165) is 38.5 Å². The molecule has 4 aromatic carbocycles. The quantitative estimate of drug-likeness (QED) is 0.116. The van der Waals surface area contributed by atoms with E-state index in [-0.39, 0.29) is 68.9 Å². The van der Waals surface area contributed by atoms with Gasteiger partial charge in [-0.1, -0.05) is 74.2 Å². The van der Waals surface area contributed by atoms with Crippen LogP contribution in [0.2, 0.25) is 0 Å². The van der Waals surface area contributed by atoms with Gasteiger partial charge in [0.25, 0.3) is 20.2 Å². The van der Waals surface area contributed by atoms with Crippen molar-refractivity contribution in [2.75, 3.05) is 13.2 Å². The van der Waals surface area contributed by atoms with Gasteiger partial charge in [-0.25, -0.2) is 0 Å². The maximum atomic E-state index is 11.6. The molecule has 4 aromatic rings. The third-order valence-corrected chi connectivity index (χ3v) is 8.12. The molecule has 0 atom stereocenters. The third kappa shape index (κ3) is 9.16. The maximum Gasteiger partial charge on any atom is 0.295 e. The van der Waals surface area contributed by atoms with E-state index in [2.05, 4.69) is 0 Å². The van der Waals surface area contributed by atoms with Crippen molar-refractivity contribution in [1.29, 1.82) is 0 Å². The van der Waals surface area contributed by atoms with Crippen LogP contribution in [0.15, 0.2) is 82.6 Å². The molecule has 0 fully saturated rings. The minimum Gasteiger partial charge on any atom is -0.493 e. The fourth-order valence-electron chi connectivity index (χ4n) is 4.46. The van der Waals surface area contributed by atoms with E-state index in [4.69, 9.17) is 9.47 Å². The largest absolute Gasteiger partial charge is 0.493 e. The van der Waals surface area contributed by atoms with E-state index in [1.807, 2.05) is 0 Å². The van der Waals surface area contributed by atoms with E-state index in [9.17, 15) is 25.9 Å². The summed E-state index contributed by atoms with van der Waals surface area (Å²) in [7, 11) is -8.63. The van der Waals surface area contributed by atoms with Crippen LogP contribution in [0.3, 0.4) is 0 Å². The number of rotatable bonds is 13. The van der Waals surface area contributed by atoms with Crippen molar-refractivity contribution in [2.24, 2.45) is 0 Å². The number of ether oxygens (including phenoxy) is 2. The van der Waals surface area contributed by atoms with Crippen molar-refractivity contribution in [1.82, 2.24) is 0 Å². The molecule has 0 aromatic heterocycles. The molecule has 0 aliphatic heterocycles. The minimum absolute atomic E-state index is 0. The summed E-state index contributed by atoms with van der Waals surface area (Å²) in [5, 5.41) is 2.14. The van der Waals surface area contributed by atoms with E-state index in [0.29, 0.717) is 46.3 Å². The normalized spacial score (nSPS) is 11.6. The van der Waals surface area contributed by atoms with Gasteiger partial charge in [0.05, 0.1) is 13.2 Å². The van der Waals surface area contributed by atoms with E-state index in [1.54, 1.807) is 60.7 Å². The summed E-state index contributed by atoms with van der Waals surface area (Å²) in [4.78, 5) is -0.263. The molecule has 0 aliphatic carbocycles. The van der Waals surface area contributed by atoms with Gasteiger partial charge in [0.15, 0.2) is 0 Å². The molecule has 0 unspecified atom stereocenters. The molecule has 0 amide bonds. The first-order valence-corrected chi connectivity index (χ1v) is 15.3. The van der Waals surface area contributed by atoms with E-state index >= 15 is 0 Å². The summed E-state index contributed by atoms with van der Waals surface area (Å²) in [6.07, 6.45) is 5.77. The first-order chi connectivity index (χ1) is 18.2. The molecule has 0 aliphatic rings. The summed E-state index contributed by atoms with van der Waals surface area (Å²) in [5.41, 5.74) is 0. The fourth-order valence-corrected chi connectivity index (χ4v) is 5.86. The standard InChI is InChI=1S/C28H30O8S2.2Na/c29-37(30,31)27-17-15-25(21-11-5-7-13-23(21)27)35-19-9-3-1-2-4-10-20-36-26-16-18-28(38(32,33)34)24-14-8-6-12-22(24)26;;/h5-8,11-18H,1-4,9-10,19-20H2,(H,29,30,31)(H,32,33,34);;. The van der Waals surface area contributed by atoms with Gasteiger partial charge in [-0.3, -0.25) is 9.11 Å². The minimum atomic E-state index is -4.32. The van der Waals surface area contributed by atoms with Crippen molar-refractivity contribution < 1.29 is 35.4 Å². The zero-order valence-electron chi connectivity index (χ0n) is 22.7. The summed E-state index contributed by atoms with van der Waals surface area (Å²) in [5.74, 6) is 1.17. The Morgan fingerprint density at radius 2 is 0.800 bits per heavy atom. The van der Waals surface area contributed by atoms with Gasteiger partial charge < -0.3 is 9.47 Å². The first-order valence-electron chi connectivity index (χ1n) is 12.4. The predicted octanol–water partition coefficient (Wildman–Crippen LogP) is 5.52. The average Bonchev–Trinajstić information content (AvgIpc) is 2.88. The van der Waals surface area contributed by atoms with Gasteiger partial charge in [0, 0.05) is 80.7 Å². The van der Waals surface area contributed by atoms with Crippen LogP contribution in [0.25, 0.3) is 21.5 Å². The van der Waals surface area contributed by atoms with Crippen LogP contribution in [0.5, 0.6) is 11.5 Å². The second-order valence-electron chi connectivity index (χ2n) is 8.98. The van der Waals surface area contributed by atoms with Crippen LogP contribution in [-0.2, 0) is 20.2 Å². The van der Waals surface area contributed by atoms with Crippen LogP contribution < -0.4 is 9.47 Å². The van der Waals surface area contributed by atoms with Crippen LogP contribution in [0.4, 0.5) is 0 Å². The van der Waals surface area contributed by atoms with Crippen molar-refractivity contribution in [3.05, 3.63) is 72.8 Å². The van der Waals surface area contributed by atoms with Gasteiger partial charge in [0.1, 0.15) is 21.3 Å². The Morgan fingerprint density at radius 3 is 1.15 bits per heavy atom. The Kier molecular flexibility index (Phi) is 13.9. The number of benzene rings is 4. The number of hydrogen-bond acceptors (Lipinski definition) is 6. The molecule has 0 saturated carbocycles. The monoisotopic (exact) mass is 604 g/mol. The molecular weight excluding hydrogens is 574 g/mol. The maximum absolute atomic E-state index is 11.6. The number of fused-ring (bicyclic) bond motifs is 2. The SMILES string of the molecule is O=S(=O)(O)c1ccc(OCCCCCCCCOc2ccc(S(=O)(=O)O)c3ccccc23)c2ccccc12.[Na].[Na]. The van der Waals surface area contributed by atoms with Crippen molar-refractivity contribution >= 4 is 101 Å². The number of hydrogen-bond donors (Lipinski definition) is 2. The fraction of sp³-hybridized carbons (Fsp3) is 0.286. The summed E-state index contributed by atoms with van der Waals surface area (Å²) in [6.45, 7) is 1.01. The Morgan fingerprint density at radius 1 is 0.475 bits per heavy atom. The van der Waals surface area contributed by atoms with Crippen molar-refractivity contribution in [2.45, 2.75) is 48.3 Å². The Labute approximate surface area is 279 Å². The molecule has 2 N–H and O–H groups in total. The number of unbranched alkanes of at least 4 members (excludes halogenated alkanes) is 5. The second-order valence-corrected chi connectivity index (χ2v) is 11.8. The zero-order chi connectivity index (χ0) is 27.2. The molecule has 40 heavy (non-hydrogen) atoms. The molecule has 0 saturated heterocycles. The molecule has 2 radical (unpaired) electrons. The van der Waals surface area contributed by atoms with Crippen molar-refractivity contribution in [3.63, 3.8) is 0 Å². The van der Waals surface area contributed by atoms with Crippen LogP contribution in [0, 0.1) is 0 Å². The molecule has 204 valence electrons. The van der Waals surface area contributed by atoms with Gasteiger partial charge in [-0.15, -0.1) is 0 Å². The third-order valence-electron chi connectivity index (χ3n) is 6.30. The average molecular weight is 605 g/mol. The van der Waals surface area contributed by atoms with Crippen molar-refractivity contribution in [3.8, 4) is 11.5 Å². The summed E-state index contributed by atoms with van der Waals surface area (Å²) < 4.78 is 77.2. The summed E-state index contributed by atoms with van der Waals surface area (Å²) in [6, 6.07) is 19.7. The van der Waals surface area contributed by atoms with Crippen LogP contribution in [0.1, 0.15) is 38.5 Å². The summed E-state index contributed by atoms with van der Waals surface area (Å²) >= 11 is 0. The van der Waals surface area contributed by atoms with E-state index in [1.165, 1.54) is 12.1 Å². The molecule has 0 heterocycles. The van der Waals surface area contributed by atoms with Crippen LogP contribution in [-0.4, -0.2) is 98.3 Å².